The van der Waals surface area contributed by atoms with E-state index in [1.165, 1.54) is 24.0 Å². The molecule has 2 N–H and O–H groups in total. The minimum atomic E-state index is -0.516. The molecule has 1 aromatic carbocycles. The summed E-state index contributed by atoms with van der Waals surface area (Å²) < 4.78 is 0. The molecule has 4 heteroatoms. The van der Waals surface area contributed by atoms with Gasteiger partial charge in [0.2, 0.25) is 0 Å². The zero-order chi connectivity index (χ0) is 15.4. The molecule has 0 aliphatic heterocycles. The van der Waals surface area contributed by atoms with Gasteiger partial charge in [0.15, 0.2) is 0 Å². The van der Waals surface area contributed by atoms with Crippen LogP contribution in [0.3, 0.4) is 0 Å². The fourth-order valence-corrected chi connectivity index (χ4v) is 2.83. The molecule has 116 valence electrons. The van der Waals surface area contributed by atoms with E-state index in [0.29, 0.717) is 13.1 Å². The first-order valence-electron chi connectivity index (χ1n) is 7.80. The smallest absolute Gasteiger partial charge is 0.317 e. The molecule has 0 saturated heterocycles. The second-order valence-electron chi connectivity index (χ2n) is 6.21. The molecule has 2 rings (SSSR count). The highest BCUT2D eigenvalue weighted by Crippen LogP contribution is 2.22. The van der Waals surface area contributed by atoms with Gasteiger partial charge >= 0.3 is 6.03 Å². The molecule has 2 amide bonds. The van der Waals surface area contributed by atoms with Gasteiger partial charge in [-0.15, -0.1) is 0 Å². The van der Waals surface area contributed by atoms with E-state index in [0.717, 1.165) is 12.0 Å². The number of aliphatic hydroxyl groups is 1. The Morgan fingerprint density at radius 3 is 2.67 bits per heavy atom. The van der Waals surface area contributed by atoms with Crippen LogP contribution in [0.5, 0.6) is 0 Å². The van der Waals surface area contributed by atoms with Gasteiger partial charge in [-0.05, 0) is 56.7 Å². The lowest BCUT2D eigenvalue weighted by Crippen LogP contribution is -2.46. The summed E-state index contributed by atoms with van der Waals surface area (Å²) in [6.45, 7) is 6.50. The van der Waals surface area contributed by atoms with Crippen molar-refractivity contribution in [3.8, 4) is 0 Å². The standard InChI is InChI=1S/C17H26N2O2/c1-12(2)19(11-13(3)20)17(21)18-10-14-7-8-15-5-4-6-16(15)9-14/h7-9,12-13,20H,4-6,10-11H2,1-3H3,(H,18,21). The Balaban J connectivity index is 1.93. The molecule has 0 fully saturated rings. The van der Waals surface area contributed by atoms with Crippen LogP contribution >= 0.6 is 0 Å². The number of carbonyl (C=O) groups is 1. The van der Waals surface area contributed by atoms with Crippen LogP contribution in [0.15, 0.2) is 18.2 Å². The maximum atomic E-state index is 12.2. The Morgan fingerprint density at radius 2 is 2.00 bits per heavy atom. The summed E-state index contributed by atoms with van der Waals surface area (Å²) in [6.07, 6.45) is 3.05. The van der Waals surface area contributed by atoms with Crippen LogP contribution in [0.4, 0.5) is 4.79 Å². The Kier molecular flexibility index (Phi) is 5.23. The Hall–Kier alpha value is -1.55. The fourth-order valence-electron chi connectivity index (χ4n) is 2.83. The van der Waals surface area contributed by atoms with Crippen molar-refractivity contribution in [2.75, 3.05) is 6.54 Å². The fraction of sp³-hybridized carbons (Fsp3) is 0.588. The van der Waals surface area contributed by atoms with Crippen LogP contribution in [0.2, 0.25) is 0 Å². The molecule has 0 saturated carbocycles. The molecule has 0 radical (unpaired) electrons. The molecule has 0 bridgehead atoms. The van der Waals surface area contributed by atoms with Gasteiger partial charge in [-0.25, -0.2) is 4.79 Å². The number of aliphatic hydroxyl groups excluding tert-OH is 1. The molecular formula is C17H26N2O2. The van der Waals surface area contributed by atoms with Gasteiger partial charge in [0.1, 0.15) is 0 Å². The van der Waals surface area contributed by atoms with Crippen LogP contribution in [-0.2, 0) is 19.4 Å². The molecule has 1 atom stereocenters. The number of urea groups is 1. The molecule has 1 unspecified atom stereocenters. The summed E-state index contributed by atoms with van der Waals surface area (Å²) in [5.41, 5.74) is 4.01. The number of nitrogens with one attached hydrogen (secondary N) is 1. The second kappa shape index (κ2) is 6.94. The van der Waals surface area contributed by atoms with Crippen LogP contribution in [0, 0.1) is 0 Å². The van der Waals surface area contributed by atoms with Gasteiger partial charge in [-0.3, -0.25) is 0 Å². The van der Waals surface area contributed by atoms with E-state index in [1.807, 2.05) is 13.8 Å². The van der Waals surface area contributed by atoms with E-state index in [2.05, 4.69) is 23.5 Å². The maximum absolute atomic E-state index is 12.2. The second-order valence-corrected chi connectivity index (χ2v) is 6.21. The van der Waals surface area contributed by atoms with Crippen molar-refractivity contribution in [1.82, 2.24) is 10.2 Å². The van der Waals surface area contributed by atoms with Crippen LogP contribution < -0.4 is 5.32 Å². The number of rotatable bonds is 5. The molecule has 0 heterocycles. The number of carbonyl (C=O) groups excluding carboxylic acids is 1. The van der Waals surface area contributed by atoms with Gasteiger partial charge in [-0.2, -0.15) is 0 Å². The van der Waals surface area contributed by atoms with E-state index in [4.69, 9.17) is 0 Å². The maximum Gasteiger partial charge on any atom is 0.317 e. The molecule has 4 nitrogen and oxygen atoms in total. The minimum absolute atomic E-state index is 0.0691. The third-order valence-electron chi connectivity index (χ3n) is 3.95. The average molecular weight is 290 g/mol. The lowest BCUT2D eigenvalue weighted by atomic mass is 10.1. The third-order valence-corrected chi connectivity index (χ3v) is 3.95. The number of hydrogen-bond acceptors (Lipinski definition) is 2. The van der Waals surface area contributed by atoms with E-state index < -0.39 is 6.10 Å². The molecule has 0 spiro atoms. The highest BCUT2D eigenvalue weighted by atomic mass is 16.3. The SMILES string of the molecule is CC(O)CN(C(=O)NCc1ccc2c(c1)CCC2)C(C)C. The lowest BCUT2D eigenvalue weighted by molar-refractivity contribution is 0.119. The summed E-state index contributed by atoms with van der Waals surface area (Å²) in [5.74, 6) is 0. The van der Waals surface area contributed by atoms with Gasteiger partial charge in [0, 0.05) is 19.1 Å². The Labute approximate surface area is 127 Å². The number of benzene rings is 1. The molecule has 1 aromatic rings. The summed E-state index contributed by atoms with van der Waals surface area (Å²) in [5, 5.41) is 12.4. The molecule has 1 aliphatic carbocycles. The first kappa shape index (κ1) is 15.8. The first-order valence-corrected chi connectivity index (χ1v) is 7.80. The summed E-state index contributed by atoms with van der Waals surface area (Å²) >= 11 is 0. The van der Waals surface area contributed by atoms with E-state index in [-0.39, 0.29) is 12.1 Å². The first-order chi connectivity index (χ1) is 9.97. The van der Waals surface area contributed by atoms with Crippen molar-refractivity contribution in [1.29, 1.82) is 0 Å². The molecule has 0 aromatic heterocycles. The highest BCUT2D eigenvalue weighted by molar-refractivity contribution is 5.74. The minimum Gasteiger partial charge on any atom is -0.392 e. The van der Waals surface area contributed by atoms with Crippen molar-refractivity contribution in [2.45, 2.75) is 58.7 Å². The summed E-state index contributed by atoms with van der Waals surface area (Å²) in [4.78, 5) is 13.9. The predicted octanol–water partition coefficient (Wildman–Crippen LogP) is 2.48. The van der Waals surface area contributed by atoms with Crippen molar-refractivity contribution < 1.29 is 9.90 Å². The molecule has 1 aliphatic rings. The van der Waals surface area contributed by atoms with Gasteiger partial charge in [-0.1, -0.05) is 18.2 Å². The van der Waals surface area contributed by atoms with Crippen molar-refractivity contribution >= 4 is 6.03 Å². The monoisotopic (exact) mass is 290 g/mol. The number of nitrogens with zero attached hydrogens (tertiary/aromatic N) is 1. The zero-order valence-electron chi connectivity index (χ0n) is 13.2. The van der Waals surface area contributed by atoms with Crippen LogP contribution in [0.25, 0.3) is 0 Å². The molecule has 21 heavy (non-hydrogen) atoms. The van der Waals surface area contributed by atoms with Crippen molar-refractivity contribution in [3.05, 3.63) is 34.9 Å². The van der Waals surface area contributed by atoms with E-state index in [1.54, 1.807) is 11.8 Å². The lowest BCUT2D eigenvalue weighted by Gasteiger charge is -2.28. The van der Waals surface area contributed by atoms with Gasteiger partial charge < -0.3 is 15.3 Å². The van der Waals surface area contributed by atoms with E-state index >= 15 is 0 Å². The number of amides is 2. The van der Waals surface area contributed by atoms with Crippen LogP contribution in [0.1, 0.15) is 43.9 Å². The largest absolute Gasteiger partial charge is 0.392 e. The van der Waals surface area contributed by atoms with E-state index in [9.17, 15) is 9.90 Å². The van der Waals surface area contributed by atoms with Crippen molar-refractivity contribution in [2.24, 2.45) is 0 Å². The normalized spacial score (nSPS) is 14.9. The van der Waals surface area contributed by atoms with Gasteiger partial charge in [0.05, 0.1) is 6.10 Å². The topological polar surface area (TPSA) is 52.6 Å². The summed E-state index contributed by atoms with van der Waals surface area (Å²) in [6, 6.07) is 6.43. The Morgan fingerprint density at radius 1 is 1.29 bits per heavy atom. The zero-order valence-corrected chi connectivity index (χ0v) is 13.2. The average Bonchev–Trinajstić information content (AvgIpc) is 2.89. The van der Waals surface area contributed by atoms with Gasteiger partial charge in [0.25, 0.3) is 0 Å². The molecular weight excluding hydrogens is 264 g/mol. The highest BCUT2D eigenvalue weighted by Gasteiger charge is 2.18. The van der Waals surface area contributed by atoms with Crippen LogP contribution in [-0.4, -0.2) is 34.7 Å². The predicted molar refractivity (Wildman–Crippen MR) is 84.2 cm³/mol. The number of aryl methyl sites for hydroxylation is 2. The quantitative estimate of drug-likeness (QED) is 0.875. The number of fused-ring (bicyclic) bond motifs is 1. The third kappa shape index (κ3) is 4.21. The Bertz CT molecular complexity index is 498. The summed E-state index contributed by atoms with van der Waals surface area (Å²) in [7, 11) is 0. The number of hydrogen-bond donors (Lipinski definition) is 2. The van der Waals surface area contributed by atoms with Crippen molar-refractivity contribution in [3.63, 3.8) is 0 Å².